The monoisotopic (exact) mass is 259 g/mol. The first-order valence-electron chi connectivity index (χ1n) is 7.89. The van der Waals surface area contributed by atoms with Gasteiger partial charge in [0, 0.05) is 12.0 Å². The Morgan fingerprint density at radius 1 is 1.11 bits per heavy atom. The number of nitrogens with one attached hydrogen (secondary N) is 1. The van der Waals surface area contributed by atoms with Crippen LogP contribution in [0.2, 0.25) is 0 Å². The molecule has 0 saturated carbocycles. The smallest absolute Gasteiger partial charge is 0.105 e. The maximum Gasteiger partial charge on any atom is 0.105 e. The number of likely N-dealkylation sites (tertiary alicyclic amines) is 1. The lowest BCUT2D eigenvalue weighted by atomic mass is 9.90. The fourth-order valence-electron chi connectivity index (χ4n) is 4.18. The van der Waals surface area contributed by atoms with Gasteiger partial charge in [0.05, 0.1) is 19.6 Å². The van der Waals surface area contributed by atoms with E-state index < -0.39 is 0 Å². The summed E-state index contributed by atoms with van der Waals surface area (Å²) in [5.41, 5.74) is 1.50. The van der Waals surface area contributed by atoms with E-state index >= 15 is 0 Å². The zero-order valence-electron chi connectivity index (χ0n) is 12.1. The molecule has 3 atom stereocenters. The van der Waals surface area contributed by atoms with Gasteiger partial charge in [-0.05, 0) is 32.2 Å². The molecule has 2 fully saturated rings. The van der Waals surface area contributed by atoms with Gasteiger partial charge in [0.1, 0.15) is 12.6 Å². The second-order valence-electron chi connectivity index (χ2n) is 6.61. The number of rotatable bonds is 2. The van der Waals surface area contributed by atoms with Crippen LogP contribution in [-0.2, 0) is 6.54 Å². The van der Waals surface area contributed by atoms with Crippen molar-refractivity contribution in [3.05, 3.63) is 35.9 Å². The lowest BCUT2D eigenvalue weighted by molar-refractivity contribution is -0.952. The molecule has 0 spiro atoms. The van der Waals surface area contributed by atoms with Crippen molar-refractivity contribution < 1.29 is 4.48 Å². The standard InChI is InChI=1S/C17H27N2/c1-19(14-15-8-3-2-4-9-15)13-7-10-16-17(19)11-5-6-12-18-16/h2-4,8-9,16-18H,5-7,10-14H2,1H3/q+1. The molecule has 19 heavy (non-hydrogen) atoms. The number of benzene rings is 1. The molecule has 0 aliphatic carbocycles. The van der Waals surface area contributed by atoms with Crippen molar-refractivity contribution in [3.63, 3.8) is 0 Å². The average molecular weight is 259 g/mol. The van der Waals surface area contributed by atoms with Crippen LogP contribution in [0.15, 0.2) is 30.3 Å². The normalized spacial score (nSPS) is 35.4. The number of piperidine rings is 1. The Hall–Kier alpha value is -0.860. The van der Waals surface area contributed by atoms with Gasteiger partial charge in [-0.3, -0.25) is 0 Å². The molecule has 2 heteroatoms. The summed E-state index contributed by atoms with van der Waals surface area (Å²) in [7, 11) is 2.48. The Bertz CT molecular complexity index is 403. The van der Waals surface area contributed by atoms with Crippen molar-refractivity contribution in [2.45, 2.75) is 50.7 Å². The largest absolute Gasteiger partial charge is 0.319 e. The van der Waals surface area contributed by atoms with Gasteiger partial charge in [-0.25, -0.2) is 0 Å². The summed E-state index contributed by atoms with van der Waals surface area (Å²) in [5.74, 6) is 0. The zero-order valence-corrected chi connectivity index (χ0v) is 12.1. The Labute approximate surface area is 117 Å². The predicted octanol–water partition coefficient (Wildman–Crippen LogP) is 2.94. The van der Waals surface area contributed by atoms with E-state index in [0.29, 0.717) is 0 Å². The highest BCUT2D eigenvalue weighted by atomic mass is 15.4. The van der Waals surface area contributed by atoms with Crippen molar-refractivity contribution in [3.8, 4) is 0 Å². The van der Waals surface area contributed by atoms with Gasteiger partial charge in [0.15, 0.2) is 0 Å². The van der Waals surface area contributed by atoms with E-state index in [1.165, 1.54) is 61.8 Å². The van der Waals surface area contributed by atoms with E-state index in [0.717, 1.165) is 12.1 Å². The van der Waals surface area contributed by atoms with Crippen LogP contribution in [0.25, 0.3) is 0 Å². The first-order chi connectivity index (χ1) is 9.28. The number of fused-ring (bicyclic) bond motifs is 1. The fourth-order valence-corrected chi connectivity index (χ4v) is 4.18. The maximum absolute atomic E-state index is 3.81. The molecule has 0 radical (unpaired) electrons. The third-order valence-electron chi connectivity index (χ3n) is 5.17. The molecule has 0 aromatic heterocycles. The highest BCUT2D eigenvalue weighted by Crippen LogP contribution is 2.31. The van der Waals surface area contributed by atoms with Gasteiger partial charge in [0.25, 0.3) is 0 Å². The van der Waals surface area contributed by atoms with Crippen LogP contribution in [0.3, 0.4) is 0 Å². The van der Waals surface area contributed by atoms with Crippen LogP contribution >= 0.6 is 0 Å². The minimum absolute atomic E-state index is 0.755. The van der Waals surface area contributed by atoms with Crippen LogP contribution in [0.1, 0.15) is 37.7 Å². The van der Waals surface area contributed by atoms with Gasteiger partial charge < -0.3 is 9.80 Å². The number of quaternary nitrogens is 1. The molecule has 3 rings (SSSR count). The molecule has 104 valence electrons. The highest BCUT2D eigenvalue weighted by molar-refractivity contribution is 5.13. The lowest BCUT2D eigenvalue weighted by Crippen LogP contribution is -2.62. The predicted molar refractivity (Wildman–Crippen MR) is 79.9 cm³/mol. The summed E-state index contributed by atoms with van der Waals surface area (Å²) in [6, 6.07) is 12.6. The lowest BCUT2D eigenvalue weighted by Gasteiger charge is -2.48. The zero-order chi connectivity index (χ0) is 13.1. The average Bonchev–Trinajstić information content (AvgIpc) is 2.66. The Morgan fingerprint density at radius 2 is 1.95 bits per heavy atom. The number of hydrogen-bond acceptors (Lipinski definition) is 1. The first-order valence-corrected chi connectivity index (χ1v) is 7.89. The van der Waals surface area contributed by atoms with Crippen LogP contribution in [0, 0.1) is 0 Å². The summed E-state index contributed by atoms with van der Waals surface area (Å²) in [6.07, 6.45) is 6.92. The molecule has 0 bridgehead atoms. The number of likely N-dealkylation sites (N-methyl/N-ethyl adjacent to an activating group) is 1. The fraction of sp³-hybridized carbons (Fsp3) is 0.647. The molecule has 2 heterocycles. The van der Waals surface area contributed by atoms with E-state index in [2.05, 4.69) is 42.7 Å². The second kappa shape index (κ2) is 5.64. The van der Waals surface area contributed by atoms with E-state index in [4.69, 9.17) is 0 Å². The van der Waals surface area contributed by atoms with Gasteiger partial charge in [0.2, 0.25) is 0 Å². The minimum atomic E-state index is 0.755. The molecule has 3 unspecified atom stereocenters. The molecule has 2 aliphatic rings. The Balaban J connectivity index is 1.80. The van der Waals surface area contributed by atoms with Gasteiger partial charge in [-0.2, -0.15) is 0 Å². The van der Waals surface area contributed by atoms with Crippen molar-refractivity contribution in [2.75, 3.05) is 20.1 Å². The van der Waals surface area contributed by atoms with Crippen LogP contribution in [0.5, 0.6) is 0 Å². The van der Waals surface area contributed by atoms with Crippen molar-refractivity contribution >= 4 is 0 Å². The number of hydrogen-bond donors (Lipinski definition) is 1. The topological polar surface area (TPSA) is 12.0 Å². The van der Waals surface area contributed by atoms with Gasteiger partial charge >= 0.3 is 0 Å². The summed E-state index contributed by atoms with van der Waals surface area (Å²) < 4.78 is 1.24. The third-order valence-corrected chi connectivity index (χ3v) is 5.17. The first kappa shape index (κ1) is 13.1. The van der Waals surface area contributed by atoms with Crippen LogP contribution in [0.4, 0.5) is 0 Å². The van der Waals surface area contributed by atoms with Gasteiger partial charge in [-0.15, -0.1) is 0 Å². The summed E-state index contributed by atoms with van der Waals surface area (Å²) in [6.45, 7) is 3.77. The van der Waals surface area contributed by atoms with Gasteiger partial charge in [-0.1, -0.05) is 30.3 Å². The van der Waals surface area contributed by atoms with E-state index in [1.54, 1.807) is 0 Å². The van der Waals surface area contributed by atoms with Crippen LogP contribution in [-0.4, -0.2) is 36.7 Å². The van der Waals surface area contributed by atoms with Crippen molar-refractivity contribution in [2.24, 2.45) is 0 Å². The highest BCUT2D eigenvalue weighted by Gasteiger charge is 2.42. The van der Waals surface area contributed by atoms with E-state index in [-0.39, 0.29) is 0 Å². The van der Waals surface area contributed by atoms with Crippen molar-refractivity contribution in [1.82, 2.24) is 5.32 Å². The molecule has 2 aliphatic heterocycles. The summed E-state index contributed by atoms with van der Waals surface area (Å²) in [4.78, 5) is 0. The number of nitrogens with zero attached hydrogens (tertiary/aromatic N) is 1. The molecule has 2 nitrogen and oxygen atoms in total. The Morgan fingerprint density at radius 3 is 2.79 bits per heavy atom. The summed E-state index contributed by atoms with van der Waals surface area (Å²) in [5, 5.41) is 3.81. The Kier molecular flexibility index (Phi) is 3.90. The SMILES string of the molecule is C[N+]1(Cc2ccccc2)CCCC2NCCCCC21. The minimum Gasteiger partial charge on any atom is -0.319 e. The molecule has 1 aromatic rings. The van der Waals surface area contributed by atoms with E-state index in [9.17, 15) is 0 Å². The third kappa shape index (κ3) is 2.85. The molecule has 0 amide bonds. The molecule has 2 saturated heterocycles. The second-order valence-corrected chi connectivity index (χ2v) is 6.61. The van der Waals surface area contributed by atoms with Crippen LogP contribution < -0.4 is 5.32 Å². The van der Waals surface area contributed by atoms with Crippen molar-refractivity contribution in [1.29, 1.82) is 0 Å². The summed E-state index contributed by atoms with van der Waals surface area (Å²) >= 11 is 0. The molecule has 1 aromatic carbocycles. The maximum atomic E-state index is 3.81. The van der Waals surface area contributed by atoms with E-state index in [1.807, 2.05) is 0 Å². The molecule has 1 N–H and O–H groups in total. The molecular weight excluding hydrogens is 232 g/mol. The molecular formula is C17H27N2+. The quantitative estimate of drug-likeness (QED) is 0.805.